The molecule has 2 aromatic rings. The molecule has 1 amide bonds. The summed E-state index contributed by atoms with van der Waals surface area (Å²) in [7, 11) is 0. The molecular formula is C20H22N2O2. The fourth-order valence-electron chi connectivity index (χ4n) is 2.31. The van der Waals surface area contributed by atoms with Gasteiger partial charge >= 0.3 is 0 Å². The number of hydrogen-bond donors (Lipinski definition) is 1. The molecule has 0 bridgehead atoms. The first kappa shape index (κ1) is 17.6. The van der Waals surface area contributed by atoms with Gasteiger partial charge in [-0.1, -0.05) is 38.1 Å². The average molecular weight is 322 g/mol. The molecule has 0 saturated heterocycles. The molecule has 0 aliphatic rings. The van der Waals surface area contributed by atoms with Gasteiger partial charge < -0.3 is 10.1 Å². The van der Waals surface area contributed by atoms with Gasteiger partial charge in [-0.3, -0.25) is 4.79 Å². The van der Waals surface area contributed by atoms with Crippen molar-refractivity contribution < 1.29 is 9.53 Å². The highest BCUT2D eigenvalue weighted by atomic mass is 16.5. The summed E-state index contributed by atoms with van der Waals surface area (Å²) in [5.74, 6) is 0.969. The van der Waals surface area contributed by atoms with Gasteiger partial charge in [0.15, 0.2) is 6.61 Å². The molecule has 0 aliphatic heterocycles. The summed E-state index contributed by atoms with van der Waals surface area (Å²) in [5.41, 5.74) is 2.79. The van der Waals surface area contributed by atoms with Crippen molar-refractivity contribution in [1.29, 1.82) is 5.26 Å². The van der Waals surface area contributed by atoms with Gasteiger partial charge in [0.2, 0.25) is 0 Å². The molecule has 2 aromatic carbocycles. The van der Waals surface area contributed by atoms with Crippen molar-refractivity contribution in [1.82, 2.24) is 5.32 Å². The molecule has 124 valence electrons. The molecule has 1 atom stereocenters. The lowest BCUT2D eigenvalue weighted by Gasteiger charge is -2.15. The van der Waals surface area contributed by atoms with Crippen LogP contribution >= 0.6 is 0 Å². The third kappa shape index (κ3) is 4.85. The summed E-state index contributed by atoms with van der Waals surface area (Å²) in [6.07, 6.45) is 0. The summed E-state index contributed by atoms with van der Waals surface area (Å²) in [6, 6.07) is 16.9. The SMILES string of the molecule is CC(C)c1ccc(OCC(=O)NC(C)c2ccc(C#N)cc2)cc1. The van der Waals surface area contributed by atoms with Gasteiger partial charge in [0.05, 0.1) is 17.7 Å². The molecule has 0 fully saturated rings. The van der Waals surface area contributed by atoms with Crippen molar-refractivity contribution in [2.24, 2.45) is 0 Å². The zero-order valence-corrected chi connectivity index (χ0v) is 14.2. The lowest BCUT2D eigenvalue weighted by Crippen LogP contribution is -2.31. The molecule has 4 nitrogen and oxygen atoms in total. The first-order valence-electron chi connectivity index (χ1n) is 8.01. The van der Waals surface area contributed by atoms with Crippen LogP contribution in [0.5, 0.6) is 5.75 Å². The standard InChI is InChI=1S/C20H22N2O2/c1-14(2)17-8-10-19(11-9-17)24-13-20(23)22-15(3)18-6-4-16(12-21)5-7-18/h4-11,14-15H,13H2,1-3H3,(H,22,23). The number of ether oxygens (including phenoxy) is 1. The van der Waals surface area contributed by atoms with Crippen LogP contribution in [0.15, 0.2) is 48.5 Å². The van der Waals surface area contributed by atoms with Crippen LogP contribution in [0.25, 0.3) is 0 Å². The van der Waals surface area contributed by atoms with E-state index in [-0.39, 0.29) is 18.6 Å². The van der Waals surface area contributed by atoms with E-state index in [1.165, 1.54) is 5.56 Å². The van der Waals surface area contributed by atoms with Crippen molar-refractivity contribution in [3.05, 3.63) is 65.2 Å². The van der Waals surface area contributed by atoms with E-state index in [4.69, 9.17) is 10.00 Å². The second-order valence-electron chi connectivity index (χ2n) is 6.04. The number of amides is 1. The molecule has 0 radical (unpaired) electrons. The number of nitriles is 1. The highest BCUT2D eigenvalue weighted by Crippen LogP contribution is 2.18. The van der Waals surface area contributed by atoms with Crippen LogP contribution in [0.3, 0.4) is 0 Å². The Morgan fingerprint density at radius 3 is 2.17 bits per heavy atom. The fraction of sp³-hybridized carbons (Fsp3) is 0.300. The Hall–Kier alpha value is -2.80. The predicted molar refractivity (Wildman–Crippen MR) is 93.7 cm³/mol. The largest absolute Gasteiger partial charge is 0.484 e. The average Bonchev–Trinajstić information content (AvgIpc) is 2.60. The van der Waals surface area contributed by atoms with Crippen LogP contribution in [0, 0.1) is 11.3 Å². The summed E-state index contributed by atoms with van der Waals surface area (Å²) in [4.78, 5) is 12.0. The normalized spacial score (nSPS) is 11.6. The van der Waals surface area contributed by atoms with Crippen molar-refractivity contribution in [3.63, 3.8) is 0 Å². The molecule has 0 saturated carbocycles. The van der Waals surface area contributed by atoms with Crippen LogP contribution in [0.2, 0.25) is 0 Å². The number of nitrogens with one attached hydrogen (secondary N) is 1. The molecule has 1 N–H and O–H groups in total. The minimum Gasteiger partial charge on any atom is -0.484 e. The number of hydrogen-bond acceptors (Lipinski definition) is 3. The maximum atomic E-state index is 12.0. The molecule has 24 heavy (non-hydrogen) atoms. The maximum Gasteiger partial charge on any atom is 0.258 e. The first-order valence-corrected chi connectivity index (χ1v) is 8.01. The molecule has 4 heteroatoms. The van der Waals surface area contributed by atoms with Crippen molar-refractivity contribution in [2.45, 2.75) is 32.7 Å². The van der Waals surface area contributed by atoms with Gasteiger partial charge in [-0.05, 0) is 48.2 Å². The molecule has 0 aliphatic carbocycles. The van der Waals surface area contributed by atoms with E-state index in [2.05, 4.69) is 25.2 Å². The molecule has 0 heterocycles. The molecular weight excluding hydrogens is 300 g/mol. The van der Waals surface area contributed by atoms with Gasteiger partial charge in [-0.2, -0.15) is 5.26 Å². The van der Waals surface area contributed by atoms with Gasteiger partial charge in [0.25, 0.3) is 5.91 Å². The van der Waals surface area contributed by atoms with Crippen LogP contribution in [0.1, 0.15) is 49.4 Å². The summed E-state index contributed by atoms with van der Waals surface area (Å²) in [6.45, 7) is 6.14. The van der Waals surface area contributed by atoms with Crippen LogP contribution in [-0.2, 0) is 4.79 Å². The minimum absolute atomic E-state index is 0.0261. The Balaban J connectivity index is 1.84. The van der Waals surface area contributed by atoms with E-state index < -0.39 is 0 Å². The quantitative estimate of drug-likeness (QED) is 0.876. The smallest absolute Gasteiger partial charge is 0.258 e. The summed E-state index contributed by atoms with van der Waals surface area (Å²) in [5, 5.41) is 11.7. The van der Waals surface area contributed by atoms with Gasteiger partial charge in [-0.15, -0.1) is 0 Å². The van der Waals surface area contributed by atoms with Crippen molar-refractivity contribution >= 4 is 5.91 Å². The first-order chi connectivity index (χ1) is 11.5. The minimum atomic E-state index is -0.181. The van der Waals surface area contributed by atoms with Crippen LogP contribution < -0.4 is 10.1 Å². The molecule has 0 spiro atoms. The van der Waals surface area contributed by atoms with E-state index >= 15 is 0 Å². The van der Waals surface area contributed by atoms with Gasteiger partial charge in [-0.25, -0.2) is 0 Å². The summed E-state index contributed by atoms with van der Waals surface area (Å²) >= 11 is 0. The van der Waals surface area contributed by atoms with E-state index in [1.807, 2.05) is 43.3 Å². The zero-order chi connectivity index (χ0) is 17.5. The third-order valence-corrected chi connectivity index (χ3v) is 3.83. The molecule has 0 aromatic heterocycles. The maximum absolute atomic E-state index is 12.0. The Morgan fingerprint density at radius 1 is 1.04 bits per heavy atom. The lowest BCUT2D eigenvalue weighted by molar-refractivity contribution is -0.123. The fourth-order valence-corrected chi connectivity index (χ4v) is 2.31. The van der Waals surface area contributed by atoms with Crippen LogP contribution in [0.4, 0.5) is 0 Å². The van der Waals surface area contributed by atoms with E-state index in [9.17, 15) is 4.79 Å². The Kier molecular flexibility index (Phi) is 5.97. The number of carbonyl (C=O) groups excluding carboxylic acids is 1. The molecule has 2 rings (SSSR count). The predicted octanol–water partition coefficient (Wildman–Crippen LogP) is 3.94. The van der Waals surface area contributed by atoms with Crippen molar-refractivity contribution in [2.75, 3.05) is 6.61 Å². The van der Waals surface area contributed by atoms with E-state index in [0.717, 1.165) is 5.56 Å². The number of nitrogens with zero attached hydrogens (tertiary/aromatic N) is 1. The topological polar surface area (TPSA) is 62.1 Å². The number of carbonyl (C=O) groups is 1. The lowest BCUT2D eigenvalue weighted by atomic mass is 10.0. The van der Waals surface area contributed by atoms with E-state index in [1.54, 1.807) is 12.1 Å². The van der Waals surface area contributed by atoms with Gasteiger partial charge in [0, 0.05) is 0 Å². The Labute approximate surface area is 143 Å². The second kappa shape index (κ2) is 8.16. The molecule has 1 unspecified atom stereocenters. The monoisotopic (exact) mass is 322 g/mol. The van der Waals surface area contributed by atoms with Gasteiger partial charge in [0.1, 0.15) is 5.75 Å². The van der Waals surface area contributed by atoms with E-state index in [0.29, 0.717) is 17.2 Å². The summed E-state index contributed by atoms with van der Waals surface area (Å²) < 4.78 is 5.52. The van der Waals surface area contributed by atoms with Crippen LogP contribution in [-0.4, -0.2) is 12.5 Å². The Morgan fingerprint density at radius 2 is 1.62 bits per heavy atom. The number of benzene rings is 2. The number of rotatable bonds is 6. The third-order valence-electron chi connectivity index (χ3n) is 3.83. The highest BCUT2D eigenvalue weighted by molar-refractivity contribution is 5.78. The zero-order valence-electron chi connectivity index (χ0n) is 14.2. The Bertz CT molecular complexity index is 713. The second-order valence-corrected chi connectivity index (χ2v) is 6.04. The highest BCUT2D eigenvalue weighted by Gasteiger charge is 2.10. The van der Waals surface area contributed by atoms with Crippen molar-refractivity contribution in [3.8, 4) is 11.8 Å².